The molecule has 2 aromatic carbocycles. The molecule has 0 bridgehead atoms. The van der Waals surface area contributed by atoms with Gasteiger partial charge in [-0.25, -0.2) is 0 Å². The number of carbonyl (C=O) groups excluding carboxylic acids is 1. The first kappa shape index (κ1) is 16.0. The van der Waals surface area contributed by atoms with Crippen LogP contribution in [-0.2, 0) is 5.75 Å². The summed E-state index contributed by atoms with van der Waals surface area (Å²) < 4.78 is 0. The van der Waals surface area contributed by atoms with Crippen molar-refractivity contribution in [1.82, 2.24) is 0 Å². The van der Waals surface area contributed by atoms with Gasteiger partial charge in [-0.1, -0.05) is 23.8 Å². The molecule has 0 aliphatic heterocycles. The number of nitro groups is 1. The Morgan fingerprint density at radius 1 is 1.23 bits per heavy atom. The first-order valence-electron chi connectivity index (χ1n) is 6.65. The number of primary amides is 1. The molecule has 1 amide bonds. The molecule has 2 rings (SSSR count). The number of aryl methyl sites for hydroxylation is 2. The predicted octanol–water partition coefficient (Wildman–Crippen LogP) is 3.60. The lowest BCUT2D eigenvalue weighted by Crippen LogP contribution is -2.11. The van der Waals surface area contributed by atoms with Crippen LogP contribution in [0.25, 0.3) is 0 Å². The highest BCUT2D eigenvalue weighted by atomic mass is 32.2. The van der Waals surface area contributed by atoms with Crippen LogP contribution in [0.2, 0.25) is 0 Å². The second-order valence-electron chi connectivity index (χ2n) is 5.02. The van der Waals surface area contributed by atoms with Crippen molar-refractivity contribution >= 4 is 23.4 Å². The van der Waals surface area contributed by atoms with Gasteiger partial charge in [0.15, 0.2) is 0 Å². The Bertz CT molecular complexity index is 744. The maximum Gasteiger partial charge on any atom is 0.274 e. The van der Waals surface area contributed by atoms with Crippen LogP contribution in [0, 0.1) is 24.0 Å². The Morgan fingerprint density at radius 2 is 1.95 bits per heavy atom. The Labute approximate surface area is 132 Å². The SMILES string of the molecule is Cc1ccc(C)c(SCc2ccc(C(N)=O)cc2[N+](=O)[O-])c1. The van der Waals surface area contributed by atoms with E-state index in [0.29, 0.717) is 11.3 Å². The van der Waals surface area contributed by atoms with E-state index in [1.165, 1.54) is 23.9 Å². The summed E-state index contributed by atoms with van der Waals surface area (Å²) in [4.78, 5) is 22.9. The van der Waals surface area contributed by atoms with E-state index >= 15 is 0 Å². The molecule has 0 atom stereocenters. The number of rotatable bonds is 5. The van der Waals surface area contributed by atoms with E-state index in [2.05, 4.69) is 6.07 Å². The number of hydrogen-bond acceptors (Lipinski definition) is 4. The molecule has 0 aliphatic carbocycles. The zero-order valence-electron chi connectivity index (χ0n) is 12.3. The lowest BCUT2D eigenvalue weighted by molar-refractivity contribution is -0.385. The normalized spacial score (nSPS) is 10.5. The van der Waals surface area contributed by atoms with E-state index in [4.69, 9.17) is 5.73 Å². The average molecular weight is 316 g/mol. The zero-order chi connectivity index (χ0) is 16.3. The van der Waals surface area contributed by atoms with E-state index in [1.807, 2.05) is 26.0 Å². The van der Waals surface area contributed by atoms with Crippen LogP contribution < -0.4 is 5.73 Å². The van der Waals surface area contributed by atoms with E-state index < -0.39 is 10.8 Å². The number of nitrogens with two attached hydrogens (primary N) is 1. The first-order valence-corrected chi connectivity index (χ1v) is 7.64. The standard InChI is InChI=1S/C16H16N2O3S/c1-10-3-4-11(2)15(7-10)22-9-13-6-5-12(16(17)19)8-14(13)18(20)21/h3-8H,9H2,1-2H3,(H2,17,19). The third-order valence-electron chi connectivity index (χ3n) is 3.29. The fraction of sp³-hybridized carbons (Fsp3) is 0.188. The van der Waals surface area contributed by atoms with Gasteiger partial charge in [0.2, 0.25) is 5.91 Å². The van der Waals surface area contributed by atoms with Gasteiger partial charge in [0, 0.05) is 27.8 Å². The molecule has 114 valence electrons. The third kappa shape index (κ3) is 3.65. The lowest BCUT2D eigenvalue weighted by Gasteiger charge is -2.08. The summed E-state index contributed by atoms with van der Waals surface area (Å²) >= 11 is 1.54. The van der Waals surface area contributed by atoms with Crippen LogP contribution >= 0.6 is 11.8 Å². The fourth-order valence-electron chi connectivity index (χ4n) is 2.03. The highest BCUT2D eigenvalue weighted by Crippen LogP contribution is 2.31. The predicted molar refractivity (Wildman–Crippen MR) is 87.1 cm³/mol. The number of carbonyl (C=O) groups is 1. The van der Waals surface area contributed by atoms with Crippen molar-refractivity contribution < 1.29 is 9.72 Å². The van der Waals surface area contributed by atoms with Gasteiger partial charge in [-0.3, -0.25) is 14.9 Å². The van der Waals surface area contributed by atoms with E-state index in [0.717, 1.165) is 16.0 Å². The molecule has 2 N–H and O–H groups in total. The third-order valence-corrected chi connectivity index (χ3v) is 4.50. The van der Waals surface area contributed by atoms with E-state index in [-0.39, 0.29) is 11.3 Å². The molecule has 0 fully saturated rings. The molecule has 6 heteroatoms. The van der Waals surface area contributed by atoms with Crippen LogP contribution in [0.4, 0.5) is 5.69 Å². The van der Waals surface area contributed by atoms with Crippen molar-refractivity contribution in [2.45, 2.75) is 24.5 Å². The van der Waals surface area contributed by atoms with Crippen molar-refractivity contribution in [1.29, 1.82) is 0 Å². The van der Waals surface area contributed by atoms with Crippen molar-refractivity contribution in [2.75, 3.05) is 0 Å². The van der Waals surface area contributed by atoms with E-state index in [9.17, 15) is 14.9 Å². The molecule has 0 aromatic heterocycles. The quantitative estimate of drug-likeness (QED) is 0.518. The van der Waals surface area contributed by atoms with Gasteiger partial charge in [-0.15, -0.1) is 11.8 Å². The summed E-state index contributed by atoms with van der Waals surface area (Å²) in [6.45, 7) is 4.01. The molecule has 0 radical (unpaired) electrons. The number of nitro benzene ring substituents is 1. The lowest BCUT2D eigenvalue weighted by atomic mass is 10.1. The van der Waals surface area contributed by atoms with Crippen molar-refractivity contribution in [3.63, 3.8) is 0 Å². The van der Waals surface area contributed by atoms with Crippen molar-refractivity contribution in [2.24, 2.45) is 5.73 Å². The van der Waals surface area contributed by atoms with Crippen molar-refractivity contribution in [3.05, 3.63) is 68.8 Å². The molecule has 0 saturated carbocycles. The molecule has 0 unspecified atom stereocenters. The van der Waals surface area contributed by atoms with Gasteiger partial charge >= 0.3 is 0 Å². The summed E-state index contributed by atoms with van der Waals surface area (Å²) in [7, 11) is 0. The Hall–Kier alpha value is -2.34. The van der Waals surface area contributed by atoms with Crippen molar-refractivity contribution in [3.8, 4) is 0 Å². The monoisotopic (exact) mass is 316 g/mol. The molecule has 0 spiro atoms. The van der Waals surface area contributed by atoms with Crippen LogP contribution in [0.1, 0.15) is 27.0 Å². The highest BCUT2D eigenvalue weighted by Gasteiger charge is 2.16. The number of amides is 1. The molecular weight excluding hydrogens is 300 g/mol. The number of benzene rings is 2. The Kier molecular flexibility index (Phi) is 4.82. The maximum absolute atomic E-state index is 11.2. The average Bonchev–Trinajstić information content (AvgIpc) is 2.47. The first-order chi connectivity index (χ1) is 10.4. The fourth-order valence-corrected chi connectivity index (χ4v) is 3.15. The largest absolute Gasteiger partial charge is 0.366 e. The molecule has 22 heavy (non-hydrogen) atoms. The zero-order valence-corrected chi connectivity index (χ0v) is 13.1. The topological polar surface area (TPSA) is 86.2 Å². The number of nitrogens with zero attached hydrogens (tertiary/aromatic N) is 1. The Balaban J connectivity index is 2.27. The minimum atomic E-state index is -0.670. The Morgan fingerprint density at radius 3 is 2.59 bits per heavy atom. The second-order valence-corrected chi connectivity index (χ2v) is 6.04. The van der Waals surface area contributed by atoms with Crippen LogP contribution in [0.5, 0.6) is 0 Å². The van der Waals surface area contributed by atoms with Crippen LogP contribution in [0.15, 0.2) is 41.3 Å². The summed E-state index contributed by atoms with van der Waals surface area (Å²) in [5.74, 6) is -0.212. The summed E-state index contributed by atoms with van der Waals surface area (Å²) in [5.41, 5.74) is 8.09. The second kappa shape index (κ2) is 6.62. The maximum atomic E-state index is 11.2. The van der Waals surface area contributed by atoms with Gasteiger partial charge in [-0.2, -0.15) is 0 Å². The highest BCUT2D eigenvalue weighted by molar-refractivity contribution is 7.98. The van der Waals surface area contributed by atoms with Gasteiger partial charge < -0.3 is 5.73 Å². The molecule has 0 heterocycles. The molecule has 0 saturated heterocycles. The number of thioether (sulfide) groups is 1. The minimum Gasteiger partial charge on any atom is -0.366 e. The summed E-state index contributed by atoms with van der Waals surface area (Å²) in [5, 5.41) is 11.2. The number of hydrogen-bond donors (Lipinski definition) is 1. The van der Waals surface area contributed by atoms with E-state index in [1.54, 1.807) is 6.07 Å². The summed E-state index contributed by atoms with van der Waals surface area (Å²) in [6.07, 6.45) is 0. The van der Waals surface area contributed by atoms with Gasteiger partial charge in [0.1, 0.15) is 0 Å². The van der Waals surface area contributed by atoms with Gasteiger partial charge in [-0.05, 0) is 31.5 Å². The van der Waals surface area contributed by atoms with Gasteiger partial charge in [0.25, 0.3) is 5.69 Å². The van der Waals surface area contributed by atoms with Crippen LogP contribution in [-0.4, -0.2) is 10.8 Å². The molecule has 2 aromatic rings. The molecule has 5 nitrogen and oxygen atoms in total. The summed E-state index contributed by atoms with van der Waals surface area (Å²) in [6, 6.07) is 10.5. The van der Waals surface area contributed by atoms with Gasteiger partial charge in [0.05, 0.1) is 4.92 Å². The molecular formula is C16H16N2O3S. The smallest absolute Gasteiger partial charge is 0.274 e. The molecule has 0 aliphatic rings. The minimum absolute atomic E-state index is 0.0749. The van der Waals surface area contributed by atoms with Crippen LogP contribution in [0.3, 0.4) is 0 Å².